The number of ether oxygens (including phenoxy) is 1. The third-order valence-corrected chi connectivity index (χ3v) is 5.31. The van der Waals surface area contributed by atoms with Gasteiger partial charge in [-0.15, -0.1) is 0 Å². The molecule has 5 nitrogen and oxygen atoms in total. The molecule has 2 N–H and O–H groups in total. The molecule has 6 heteroatoms. The standard InChI is InChI=1S/C21H33N3O2S/c1-4-7-10-16(6-3)14-23-21(27)24-15-19(20(25)22-13-5-2)26-18-12-9-8-11-17(18)24/h8-9,11-12,16,19H,4-7,10,13-15H2,1-3H3,(H,22,25)(H,23,27)/t16-,19-/m1/s1. The first kappa shape index (κ1) is 21.5. The van der Waals surface area contributed by atoms with Gasteiger partial charge >= 0.3 is 0 Å². The van der Waals surface area contributed by atoms with Crippen molar-refractivity contribution >= 4 is 28.9 Å². The molecule has 0 fully saturated rings. The van der Waals surface area contributed by atoms with Crippen molar-refractivity contribution in [1.82, 2.24) is 10.6 Å². The van der Waals surface area contributed by atoms with Crippen molar-refractivity contribution in [3.63, 3.8) is 0 Å². The fourth-order valence-corrected chi connectivity index (χ4v) is 3.45. The Morgan fingerprint density at radius 2 is 2.04 bits per heavy atom. The Morgan fingerprint density at radius 1 is 1.26 bits per heavy atom. The molecule has 0 saturated carbocycles. The predicted octanol–water partition coefficient (Wildman–Crippen LogP) is 3.87. The lowest BCUT2D eigenvalue weighted by molar-refractivity contribution is -0.127. The average molecular weight is 392 g/mol. The highest BCUT2D eigenvalue weighted by atomic mass is 32.1. The maximum absolute atomic E-state index is 12.4. The van der Waals surface area contributed by atoms with E-state index in [1.807, 2.05) is 36.1 Å². The van der Waals surface area contributed by atoms with Gasteiger partial charge in [0, 0.05) is 13.1 Å². The molecule has 0 unspecified atom stereocenters. The molecule has 0 aromatic heterocycles. The van der Waals surface area contributed by atoms with Crippen LogP contribution in [0.3, 0.4) is 0 Å². The molecule has 2 atom stereocenters. The molecule has 0 bridgehead atoms. The SMILES string of the molecule is CCCC[C@@H](CC)CNC(=S)N1C[C@H](C(=O)NCCC)Oc2ccccc21. The third kappa shape index (κ3) is 6.09. The van der Waals surface area contributed by atoms with E-state index in [2.05, 4.69) is 24.5 Å². The van der Waals surface area contributed by atoms with E-state index in [9.17, 15) is 4.79 Å². The first-order valence-electron chi connectivity index (χ1n) is 10.2. The van der Waals surface area contributed by atoms with E-state index in [0.717, 1.165) is 25.1 Å². The van der Waals surface area contributed by atoms with Gasteiger partial charge in [-0.25, -0.2) is 0 Å². The summed E-state index contributed by atoms with van der Waals surface area (Å²) in [7, 11) is 0. The van der Waals surface area contributed by atoms with Gasteiger partial charge in [0.2, 0.25) is 0 Å². The largest absolute Gasteiger partial charge is 0.477 e. The van der Waals surface area contributed by atoms with Gasteiger partial charge in [0.05, 0.1) is 12.2 Å². The zero-order chi connectivity index (χ0) is 19.6. The van der Waals surface area contributed by atoms with Crippen LogP contribution in [0.5, 0.6) is 5.75 Å². The van der Waals surface area contributed by atoms with Gasteiger partial charge in [-0.3, -0.25) is 4.79 Å². The Kier molecular flexibility index (Phi) is 8.85. The smallest absolute Gasteiger partial charge is 0.262 e. The molecule has 1 amide bonds. The molecule has 1 aromatic rings. The number of anilines is 1. The van der Waals surface area contributed by atoms with Gasteiger partial charge in [0.15, 0.2) is 11.2 Å². The number of rotatable bonds is 9. The number of nitrogens with one attached hydrogen (secondary N) is 2. The van der Waals surface area contributed by atoms with Crippen LogP contribution in [0.1, 0.15) is 52.9 Å². The lowest BCUT2D eigenvalue weighted by Crippen LogP contribution is -2.53. The Hall–Kier alpha value is -1.82. The first-order valence-corrected chi connectivity index (χ1v) is 10.6. The molecule has 2 rings (SSSR count). The fourth-order valence-electron chi connectivity index (χ4n) is 3.20. The van der Waals surface area contributed by atoms with E-state index in [-0.39, 0.29) is 5.91 Å². The van der Waals surface area contributed by atoms with Gasteiger partial charge in [-0.1, -0.05) is 52.2 Å². The van der Waals surface area contributed by atoms with Gasteiger partial charge in [-0.2, -0.15) is 0 Å². The maximum atomic E-state index is 12.4. The van der Waals surface area contributed by atoms with Crippen LogP contribution in [0.2, 0.25) is 0 Å². The third-order valence-electron chi connectivity index (χ3n) is 4.95. The molecule has 0 spiro atoms. The highest BCUT2D eigenvalue weighted by Gasteiger charge is 2.32. The second-order valence-electron chi connectivity index (χ2n) is 7.08. The lowest BCUT2D eigenvalue weighted by atomic mass is 9.99. The Morgan fingerprint density at radius 3 is 2.74 bits per heavy atom. The maximum Gasteiger partial charge on any atom is 0.262 e. The van der Waals surface area contributed by atoms with Crippen molar-refractivity contribution in [2.45, 2.75) is 59.0 Å². The second kappa shape index (κ2) is 11.1. The van der Waals surface area contributed by atoms with Crippen molar-refractivity contribution in [3.05, 3.63) is 24.3 Å². The molecular weight excluding hydrogens is 358 g/mol. The molecule has 27 heavy (non-hydrogen) atoms. The van der Waals surface area contributed by atoms with Gasteiger partial charge < -0.3 is 20.3 Å². The number of para-hydroxylation sites is 2. The zero-order valence-corrected chi connectivity index (χ0v) is 17.6. The zero-order valence-electron chi connectivity index (χ0n) is 16.8. The van der Waals surface area contributed by atoms with Crippen LogP contribution in [0.15, 0.2) is 24.3 Å². The predicted molar refractivity (Wildman–Crippen MR) is 115 cm³/mol. The molecule has 150 valence electrons. The molecular formula is C21H33N3O2S. The van der Waals surface area contributed by atoms with Gasteiger partial charge in [0.25, 0.3) is 5.91 Å². The minimum atomic E-state index is -0.562. The number of hydrogen-bond acceptors (Lipinski definition) is 3. The fraction of sp³-hybridized carbons (Fsp3) is 0.619. The summed E-state index contributed by atoms with van der Waals surface area (Å²) in [4.78, 5) is 14.4. The van der Waals surface area contributed by atoms with E-state index in [1.54, 1.807) is 0 Å². The van der Waals surface area contributed by atoms with Crippen molar-refractivity contribution in [2.75, 3.05) is 24.5 Å². The topological polar surface area (TPSA) is 53.6 Å². The lowest BCUT2D eigenvalue weighted by Gasteiger charge is -2.36. The molecule has 0 radical (unpaired) electrons. The summed E-state index contributed by atoms with van der Waals surface area (Å²) >= 11 is 5.68. The Labute approximate surface area is 168 Å². The highest BCUT2D eigenvalue weighted by molar-refractivity contribution is 7.80. The van der Waals surface area contributed by atoms with E-state index < -0.39 is 6.10 Å². The van der Waals surface area contributed by atoms with Crippen LogP contribution in [-0.2, 0) is 4.79 Å². The number of fused-ring (bicyclic) bond motifs is 1. The first-order chi connectivity index (χ1) is 13.1. The molecule has 1 heterocycles. The van der Waals surface area contributed by atoms with Crippen LogP contribution >= 0.6 is 12.2 Å². The van der Waals surface area contributed by atoms with E-state index in [0.29, 0.717) is 29.9 Å². The van der Waals surface area contributed by atoms with Gasteiger partial charge in [0.1, 0.15) is 5.75 Å². The summed E-state index contributed by atoms with van der Waals surface area (Å²) in [6, 6.07) is 7.75. The van der Waals surface area contributed by atoms with Crippen molar-refractivity contribution in [2.24, 2.45) is 5.92 Å². The number of unbranched alkanes of at least 4 members (excludes halogenated alkanes) is 1. The van der Waals surface area contributed by atoms with Crippen LogP contribution in [-0.4, -0.2) is 36.8 Å². The van der Waals surface area contributed by atoms with Gasteiger partial charge in [-0.05, 0) is 43.1 Å². The number of thiocarbonyl (C=S) groups is 1. The molecule has 1 aliphatic heterocycles. The minimum absolute atomic E-state index is 0.0893. The summed E-state index contributed by atoms with van der Waals surface area (Å²) in [5, 5.41) is 7.01. The molecule has 0 aliphatic carbocycles. The second-order valence-corrected chi connectivity index (χ2v) is 7.47. The number of nitrogens with zero attached hydrogens (tertiary/aromatic N) is 1. The van der Waals surface area contributed by atoms with Crippen molar-refractivity contribution < 1.29 is 9.53 Å². The summed E-state index contributed by atoms with van der Waals surface area (Å²) < 4.78 is 5.93. The Balaban J connectivity index is 2.06. The average Bonchev–Trinajstić information content (AvgIpc) is 2.71. The quantitative estimate of drug-likeness (QED) is 0.626. The summed E-state index contributed by atoms with van der Waals surface area (Å²) in [6.45, 7) is 8.41. The van der Waals surface area contributed by atoms with Crippen LogP contribution in [0, 0.1) is 5.92 Å². The number of carbonyl (C=O) groups excluding carboxylic acids is 1. The highest BCUT2D eigenvalue weighted by Crippen LogP contribution is 2.33. The van der Waals surface area contributed by atoms with E-state index >= 15 is 0 Å². The monoisotopic (exact) mass is 391 g/mol. The summed E-state index contributed by atoms with van der Waals surface area (Å²) in [5.41, 5.74) is 0.913. The van der Waals surface area contributed by atoms with Crippen LogP contribution in [0.4, 0.5) is 5.69 Å². The number of carbonyl (C=O) groups is 1. The molecule has 1 aromatic carbocycles. The van der Waals surface area contributed by atoms with Crippen LogP contribution < -0.4 is 20.3 Å². The summed E-state index contributed by atoms with van der Waals surface area (Å²) in [5.74, 6) is 1.22. The minimum Gasteiger partial charge on any atom is -0.477 e. The molecule has 1 aliphatic rings. The van der Waals surface area contributed by atoms with Crippen molar-refractivity contribution in [1.29, 1.82) is 0 Å². The number of amides is 1. The number of benzene rings is 1. The molecule has 0 saturated heterocycles. The Bertz CT molecular complexity index is 623. The normalized spacial score (nSPS) is 16.9. The van der Waals surface area contributed by atoms with E-state index in [1.165, 1.54) is 19.3 Å². The van der Waals surface area contributed by atoms with Crippen molar-refractivity contribution in [3.8, 4) is 5.75 Å². The van der Waals surface area contributed by atoms with Crippen LogP contribution in [0.25, 0.3) is 0 Å². The number of hydrogen-bond donors (Lipinski definition) is 2. The van der Waals surface area contributed by atoms with E-state index in [4.69, 9.17) is 17.0 Å². The summed E-state index contributed by atoms with van der Waals surface area (Å²) in [6.07, 6.45) is 5.14.